The lowest BCUT2D eigenvalue weighted by Gasteiger charge is -2.18. The summed E-state index contributed by atoms with van der Waals surface area (Å²) in [4.78, 5) is 14.2. The SMILES string of the molecule is CCOc1cc(Cl)ccc1C(=O)N1CCC(CO)C1. The fourth-order valence-corrected chi connectivity index (χ4v) is 2.45. The van der Waals surface area contributed by atoms with Crippen molar-refractivity contribution < 1.29 is 14.6 Å². The molecule has 1 aliphatic heterocycles. The average Bonchev–Trinajstić information content (AvgIpc) is 2.87. The highest BCUT2D eigenvalue weighted by Crippen LogP contribution is 2.27. The number of aliphatic hydroxyl groups is 1. The molecule has 1 N–H and O–H groups in total. The number of carbonyl (C=O) groups excluding carboxylic acids is 1. The van der Waals surface area contributed by atoms with Crippen LogP contribution in [0, 0.1) is 5.92 Å². The highest BCUT2D eigenvalue weighted by Gasteiger charge is 2.28. The van der Waals surface area contributed by atoms with Crippen molar-refractivity contribution in [3.05, 3.63) is 28.8 Å². The fourth-order valence-electron chi connectivity index (χ4n) is 2.28. The van der Waals surface area contributed by atoms with Gasteiger partial charge in [0.1, 0.15) is 5.75 Å². The molecule has 1 fully saturated rings. The van der Waals surface area contributed by atoms with E-state index < -0.39 is 0 Å². The van der Waals surface area contributed by atoms with Crippen molar-refractivity contribution in [2.45, 2.75) is 13.3 Å². The second kappa shape index (κ2) is 6.26. The van der Waals surface area contributed by atoms with Crippen LogP contribution in [-0.2, 0) is 0 Å². The highest BCUT2D eigenvalue weighted by atomic mass is 35.5. The van der Waals surface area contributed by atoms with Gasteiger partial charge in [0.05, 0.1) is 12.2 Å². The van der Waals surface area contributed by atoms with E-state index in [0.717, 1.165) is 6.42 Å². The Kier molecular flexibility index (Phi) is 4.66. The third-order valence-electron chi connectivity index (χ3n) is 3.31. The lowest BCUT2D eigenvalue weighted by atomic mass is 10.1. The second-order valence-electron chi connectivity index (χ2n) is 4.66. The van der Waals surface area contributed by atoms with Gasteiger partial charge >= 0.3 is 0 Å². The maximum atomic E-state index is 12.4. The van der Waals surface area contributed by atoms with E-state index in [2.05, 4.69) is 0 Å². The van der Waals surface area contributed by atoms with E-state index in [1.54, 1.807) is 23.1 Å². The zero-order valence-electron chi connectivity index (χ0n) is 10.9. The van der Waals surface area contributed by atoms with Crippen molar-refractivity contribution in [3.63, 3.8) is 0 Å². The van der Waals surface area contributed by atoms with E-state index in [4.69, 9.17) is 21.4 Å². The van der Waals surface area contributed by atoms with Crippen LogP contribution in [0.5, 0.6) is 5.75 Å². The Morgan fingerprint density at radius 2 is 2.37 bits per heavy atom. The first-order valence-electron chi connectivity index (χ1n) is 6.48. The quantitative estimate of drug-likeness (QED) is 0.921. The molecule has 2 rings (SSSR count). The molecule has 1 aromatic rings. The summed E-state index contributed by atoms with van der Waals surface area (Å²) in [5, 5.41) is 9.68. The Balaban J connectivity index is 2.19. The molecule has 0 aromatic heterocycles. The minimum atomic E-state index is -0.0592. The van der Waals surface area contributed by atoms with E-state index >= 15 is 0 Å². The maximum Gasteiger partial charge on any atom is 0.257 e. The summed E-state index contributed by atoms with van der Waals surface area (Å²) in [5.74, 6) is 0.648. The number of amides is 1. The van der Waals surface area contributed by atoms with E-state index in [1.165, 1.54) is 0 Å². The maximum absolute atomic E-state index is 12.4. The summed E-state index contributed by atoms with van der Waals surface area (Å²) < 4.78 is 5.47. The topological polar surface area (TPSA) is 49.8 Å². The molecule has 1 aromatic carbocycles. The standard InChI is InChI=1S/C14H18ClNO3/c1-2-19-13-7-11(15)3-4-12(13)14(18)16-6-5-10(8-16)9-17/h3-4,7,10,17H,2,5-6,8-9H2,1H3. The molecule has 1 saturated heterocycles. The van der Waals surface area contributed by atoms with Crippen LogP contribution in [0.15, 0.2) is 18.2 Å². The van der Waals surface area contributed by atoms with Gasteiger partial charge in [0.2, 0.25) is 0 Å². The second-order valence-corrected chi connectivity index (χ2v) is 5.10. The molecule has 1 atom stereocenters. The van der Waals surface area contributed by atoms with Gasteiger partial charge in [0, 0.05) is 30.6 Å². The molecule has 5 heteroatoms. The minimum absolute atomic E-state index is 0.0592. The van der Waals surface area contributed by atoms with Gasteiger partial charge in [-0.2, -0.15) is 0 Å². The number of likely N-dealkylation sites (tertiary alicyclic amines) is 1. The van der Waals surface area contributed by atoms with Gasteiger partial charge in [0.25, 0.3) is 5.91 Å². The number of rotatable bonds is 4. The van der Waals surface area contributed by atoms with Crippen LogP contribution in [0.3, 0.4) is 0 Å². The Morgan fingerprint density at radius 1 is 1.58 bits per heavy atom. The van der Waals surface area contributed by atoms with Gasteiger partial charge in [-0.25, -0.2) is 0 Å². The number of nitrogens with zero attached hydrogens (tertiary/aromatic N) is 1. The molecule has 104 valence electrons. The van der Waals surface area contributed by atoms with E-state index in [1.807, 2.05) is 6.92 Å². The number of aliphatic hydroxyl groups excluding tert-OH is 1. The minimum Gasteiger partial charge on any atom is -0.493 e. The lowest BCUT2D eigenvalue weighted by molar-refractivity contribution is 0.0778. The summed E-state index contributed by atoms with van der Waals surface area (Å²) in [6.07, 6.45) is 0.847. The number of halogens is 1. The summed E-state index contributed by atoms with van der Waals surface area (Å²) in [7, 11) is 0. The number of carbonyl (C=O) groups is 1. The van der Waals surface area contributed by atoms with E-state index in [0.29, 0.717) is 36.0 Å². The number of hydrogen-bond acceptors (Lipinski definition) is 3. The van der Waals surface area contributed by atoms with Crippen LogP contribution >= 0.6 is 11.6 Å². The Bertz CT molecular complexity index is 464. The van der Waals surface area contributed by atoms with Gasteiger partial charge in [-0.05, 0) is 31.5 Å². The lowest BCUT2D eigenvalue weighted by Crippen LogP contribution is -2.29. The first-order valence-corrected chi connectivity index (χ1v) is 6.86. The summed E-state index contributed by atoms with van der Waals surface area (Å²) in [6.45, 7) is 3.76. The van der Waals surface area contributed by atoms with Crippen molar-refractivity contribution in [2.75, 3.05) is 26.3 Å². The zero-order valence-corrected chi connectivity index (χ0v) is 11.7. The summed E-state index contributed by atoms with van der Waals surface area (Å²) in [5.41, 5.74) is 0.532. The van der Waals surface area contributed by atoms with Gasteiger partial charge in [0.15, 0.2) is 0 Å². The Morgan fingerprint density at radius 3 is 3.00 bits per heavy atom. The molecular weight excluding hydrogens is 266 g/mol. The van der Waals surface area contributed by atoms with E-state index in [9.17, 15) is 4.79 Å². The van der Waals surface area contributed by atoms with Gasteiger partial charge in [-0.15, -0.1) is 0 Å². The number of benzene rings is 1. The zero-order chi connectivity index (χ0) is 13.8. The fraction of sp³-hybridized carbons (Fsp3) is 0.500. The summed E-state index contributed by atoms with van der Waals surface area (Å²) >= 11 is 5.92. The predicted molar refractivity (Wildman–Crippen MR) is 73.7 cm³/mol. The van der Waals surface area contributed by atoms with Crippen molar-refractivity contribution >= 4 is 17.5 Å². The molecule has 1 unspecified atom stereocenters. The molecule has 1 amide bonds. The van der Waals surface area contributed by atoms with Crippen LogP contribution < -0.4 is 4.74 Å². The van der Waals surface area contributed by atoms with Crippen molar-refractivity contribution in [2.24, 2.45) is 5.92 Å². The molecule has 0 radical (unpaired) electrons. The Hall–Kier alpha value is -1.26. The average molecular weight is 284 g/mol. The Labute approximate surface area is 117 Å². The monoisotopic (exact) mass is 283 g/mol. The van der Waals surface area contributed by atoms with Crippen LogP contribution in [0.4, 0.5) is 0 Å². The largest absolute Gasteiger partial charge is 0.493 e. The smallest absolute Gasteiger partial charge is 0.257 e. The molecule has 1 aliphatic rings. The van der Waals surface area contributed by atoms with Crippen LogP contribution in [-0.4, -0.2) is 42.2 Å². The molecular formula is C14H18ClNO3. The predicted octanol–water partition coefficient (Wildman–Crippen LogP) is 2.19. The third-order valence-corrected chi connectivity index (χ3v) is 3.54. The molecule has 19 heavy (non-hydrogen) atoms. The first kappa shape index (κ1) is 14.2. The van der Waals surface area contributed by atoms with Crippen molar-refractivity contribution in [1.82, 2.24) is 4.90 Å². The van der Waals surface area contributed by atoms with Gasteiger partial charge < -0.3 is 14.7 Å². The number of hydrogen-bond donors (Lipinski definition) is 1. The molecule has 0 bridgehead atoms. The molecule has 1 heterocycles. The molecule has 4 nitrogen and oxygen atoms in total. The first-order chi connectivity index (χ1) is 9.15. The molecule has 0 saturated carbocycles. The number of ether oxygens (including phenoxy) is 1. The van der Waals surface area contributed by atoms with Crippen LogP contribution in [0.1, 0.15) is 23.7 Å². The van der Waals surface area contributed by atoms with Gasteiger partial charge in [-0.3, -0.25) is 4.79 Å². The van der Waals surface area contributed by atoms with Crippen molar-refractivity contribution in [3.8, 4) is 5.75 Å². The van der Waals surface area contributed by atoms with Gasteiger partial charge in [-0.1, -0.05) is 11.6 Å². The third kappa shape index (κ3) is 3.19. The van der Waals surface area contributed by atoms with Crippen molar-refractivity contribution in [1.29, 1.82) is 0 Å². The summed E-state index contributed by atoms with van der Waals surface area (Å²) in [6, 6.07) is 5.05. The highest BCUT2D eigenvalue weighted by molar-refractivity contribution is 6.30. The molecule has 0 aliphatic carbocycles. The normalized spacial score (nSPS) is 18.7. The van der Waals surface area contributed by atoms with E-state index in [-0.39, 0.29) is 18.4 Å². The molecule has 0 spiro atoms. The van der Waals surface area contributed by atoms with Crippen LogP contribution in [0.2, 0.25) is 5.02 Å². The van der Waals surface area contributed by atoms with Crippen LogP contribution in [0.25, 0.3) is 0 Å².